The first-order chi connectivity index (χ1) is 15.3. The average Bonchev–Trinajstić information content (AvgIpc) is 3.35. The van der Waals surface area contributed by atoms with Gasteiger partial charge in [-0.05, 0) is 36.4 Å². The number of aromatic nitrogens is 2. The number of H-pyrrole nitrogens is 2. The van der Waals surface area contributed by atoms with Crippen LogP contribution in [0.4, 0.5) is 0 Å². The van der Waals surface area contributed by atoms with Crippen LogP contribution in [0.5, 0.6) is 11.5 Å². The van der Waals surface area contributed by atoms with Crippen molar-refractivity contribution in [3.05, 3.63) is 59.9 Å². The van der Waals surface area contributed by atoms with E-state index in [1.807, 2.05) is 0 Å². The molecule has 4 rings (SSSR count). The van der Waals surface area contributed by atoms with Gasteiger partial charge in [-0.25, -0.2) is 0 Å². The Kier molecular flexibility index (Phi) is 5.34. The Morgan fingerprint density at radius 2 is 1.09 bits per heavy atom. The zero-order valence-corrected chi connectivity index (χ0v) is 16.6. The first kappa shape index (κ1) is 20.7. The van der Waals surface area contributed by atoms with Crippen LogP contribution in [-0.2, 0) is 9.59 Å². The first-order valence-electron chi connectivity index (χ1n) is 9.55. The third kappa shape index (κ3) is 4.15. The Labute approximate surface area is 180 Å². The SMILES string of the molecule is NC(=O)c1ccc2c(OC(=O)CCC(=O)Oc3c[nH]c4cc(C(N)=O)ccc34)c[nH]c2c1. The highest BCUT2D eigenvalue weighted by atomic mass is 16.5. The van der Waals surface area contributed by atoms with E-state index < -0.39 is 23.8 Å². The van der Waals surface area contributed by atoms with Gasteiger partial charge < -0.3 is 30.9 Å². The van der Waals surface area contributed by atoms with Crippen molar-refractivity contribution in [1.82, 2.24) is 9.97 Å². The number of nitrogens with one attached hydrogen (secondary N) is 2. The second-order valence-electron chi connectivity index (χ2n) is 7.00. The molecule has 32 heavy (non-hydrogen) atoms. The molecule has 0 aliphatic heterocycles. The van der Waals surface area contributed by atoms with E-state index in [0.29, 0.717) is 32.9 Å². The highest BCUT2D eigenvalue weighted by Gasteiger charge is 2.16. The van der Waals surface area contributed by atoms with Crippen LogP contribution in [0, 0.1) is 0 Å². The highest BCUT2D eigenvalue weighted by molar-refractivity contribution is 5.99. The molecule has 162 valence electrons. The Morgan fingerprint density at radius 3 is 1.47 bits per heavy atom. The van der Waals surface area contributed by atoms with Crippen LogP contribution in [0.2, 0.25) is 0 Å². The van der Waals surface area contributed by atoms with Gasteiger partial charge in [0, 0.05) is 34.3 Å². The van der Waals surface area contributed by atoms with Gasteiger partial charge in [0.15, 0.2) is 11.5 Å². The number of esters is 2. The number of fused-ring (bicyclic) bond motifs is 2. The zero-order valence-electron chi connectivity index (χ0n) is 16.6. The van der Waals surface area contributed by atoms with Crippen LogP contribution in [0.1, 0.15) is 33.6 Å². The second-order valence-corrected chi connectivity index (χ2v) is 7.00. The van der Waals surface area contributed by atoms with Crippen molar-refractivity contribution >= 4 is 45.6 Å². The Morgan fingerprint density at radius 1 is 0.688 bits per heavy atom. The molecule has 0 atom stereocenters. The fraction of sp³-hybridized carbons (Fsp3) is 0.0909. The van der Waals surface area contributed by atoms with Crippen molar-refractivity contribution in [2.24, 2.45) is 11.5 Å². The number of primary amides is 2. The number of benzene rings is 2. The summed E-state index contributed by atoms with van der Waals surface area (Å²) in [6.45, 7) is 0. The topological polar surface area (TPSA) is 170 Å². The lowest BCUT2D eigenvalue weighted by molar-refractivity contribution is -0.140. The van der Waals surface area contributed by atoms with Gasteiger partial charge in [0.05, 0.1) is 23.9 Å². The summed E-state index contributed by atoms with van der Waals surface area (Å²) < 4.78 is 10.6. The predicted molar refractivity (Wildman–Crippen MR) is 114 cm³/mol. The fourth-order valence-corrected chi connectivity index (χ4v) is 3.23. The van der Waals surface area contributed by atoms with Gasteiger partial charge in [0.1, 0.15) is 0 Å². The summed E-state index contributed by atoms with van der Waals surface area (Å²) in [5, 5.41) is 1.19. The van der Waals surface area contributed by atoms with Gasteiger partial charge in [-0.1, -0.05) is 0 Å². The van der Waals surface area contributed by atoms with Crippen LogP contribution < -0.4 is 20.9 Å². The minimum Gasteiger partial charge on any atom is -0.424 e. The van der Waals surface area contributed by atoms with E-state index >= 15 is 0 Å². The highest BCUT2D eigenvalue weighted by Crippen LogP contribution is 2.28. The number of hydrogen-bond donors (Lipinski definition) is 4. The molecular weight excluding hydrogens is 416 g/mol. The van der Waals surface area contributed by atoms with E-state index in [4.69, 9.17) is 20.9 Å². The van der Waals surface area contributed by atoms with E-state index in [2.05, 4.69) is 9.97 Å². The minimum absolute atomic E-state index is 0.195. The lowest BCUT2D eigenvalue weighted by Gasteiger charge is -2.05. The zero-order chi connectivity index (χ0) is 22.8. The lowest BCUT2D eigenvalue weighted by Crippen LogP contribution is -2.14. The minimum atomic E-state index is -0.619. The molecule has 0 aliphatic rings. The largest absolute Gasteiger partial charge is 0.424 e. The van der Waals surface area contributed by atoms with Gasteiger partial charge in [-0.15, -0.1) is 0 Å². The monoisotopic (exact) mass is 434 g/mol. The van der Waals surface area contributed by atoms with E-state index in [9.17, 15) is 19.2 Å². The molecular formula is C22H18N4O6. The van der Waals surface area contributed by atoms with Crippen molar-refractivity contribution in [3.63, 3.8) is 0 Å². The maximum atomic E-state index is 12.2. The third-order valence-electron chi connectivity index (χ3n) is 4.84. The van der Waals surface area contributed by atoms with Gasteiger partial charge in [0.2, 0.25) is 11.8 Å². The molecule has 6 N–H and O–H groups in total. The second kappa shape index (κ2) is 8.26. The van der Waals surface area contributed by atoms with Crippen LogP contribution >= 0.6 is 0 Å². The van der Waals surface area contributed by atoms with Crippen molar-refractivity contribution in [2.75, 3.05) is 0 Å². The standard InChI is InChI=1S/C22H18N4O6/c23-21(29)11-1-3-13-15(7-11)25-9-17(13)31-19(27)5-6-20(28)32-18-10-26-16-8-12(22(24)30)2-4-14(16)18/h1-4,7-10,25-26H,5-6H2,(H2,23,29)(H2,24,30). The van der Waals surface area contributed by atoms with Gasteiger partial charge in [0.25, 0.3) is 0 Å². The molecule has 0 spiro atoms. The molecule has 0 aliphatic carbocycles. The Hall–Kier alpha value is -4.60. The number of nitrogens with two attached hydrogens (primary N) is 2. The summed E-state index contributed by atoms with van der Waals surface area (Å²) in [6.07, 6.45) is 2.58. The molecule has 2 amide bonds. The van der Waals surface area contributed by atoms with Crippen LogP contribution in [0.15, 0.2) is 48.8 Å². The summed E-state index contributed by atoms with van der Waals surface area (Å²) in [6, 6.07) is 9.40. The number of ether oxygens (including phenoxy) is 2. The Balaban J connectivity index is 1.36. The number of amides is 2. The molecule has 2 aromatic heterocycles. The number of rotatable bonds is 7. The molecule has 0 fully saturated rings. The maximum absolute atomic E-state index is 12.2. The van der Waals surface area contributed by atoms with E-state index in [1.54, 1.807) is 24.3 Å². The Bertz CT molecular complexity index is 1280. The number of carbonyl (C=O) groups is 4. The summed E-state index contributed by atoms with van der Waals surface area (Å²) in [4.78, 5) is 52.7. The van der Waals surface area contributed by atoms with E-state index in [0.717, 1.165) is 0 Å². The third-order valence-corrected chi connectivity index (χ3v) is 4.84. The lowest BCUT2D eigenvalue weighted by atomic mass is 10.1. The normalized spacial score (nSPS) is 10.9. The van der Waals surface area contributed by atoms with Crippen LogP contribution in [0.3, 0.4) is 0 Å². The molecule has 10 nitrogen and oxygen atoms in total. The predicted octanol–water partition coefficient (Wildman–Crippen LogP) is 2.14. The molecule has 0 saturated heterocycles. The van der Waals surface area contributed by atoms with Crippen molar-refractivity contribution in [2.45, 2.75) is 12.8 Å². The number of aromatic amines is 2. The molecule has 0 radical (unpaired) electrons. The van der Waals surface area contributed by atoms with Gasteiger partial charge in [-0.2, -0.15) is 0 Å². The molecule has 2 aromatic carbocycles. The van der Waals surface area contributed by atoms with Crippen LogP contribution in [0.25, 0.3) is 21.8 Å². The van der Waals surface area contributed by atoms with E-state index in [-0.39, 0.29) is 24.3 Å². The number of carbonyl (C=O) groups excluding carboxylic acids is 4. The fourth-order valence-electron chi connectivity index (χ4n) is 3.23. The van der Waals surface area contributed by atoms with Crippen molar-refractivity contribution < 1.29 is 28.7 Å². The van der Waals surface area contributed by atoms with Gasteiger partial charge in [-0.3, -0.25) is 19.2 Å². The maximum Gasteiger partial charge on any atom is 0.311 e. The number of hydrogen-bond acceptors (Lipinski definition) is 6. The van der Waals surface area contributed by atoms with Crippen LogP contribution in [-0.4, -0.2) is 33.7 Å². The summed E-state index contributed by atoms with van der Waals surface area (Å²) in [5.41, 5.74) is 12.3. The molecule has 0 unspecified atom stereocenters. The molecule has 4 aromatic rings. The molecule has 2 heterocycles. The molecule has 10 heteroatoms. The van der Waals surface area contributed by atoms with E-state index in [1.165, 1.54) is 24.5 Å². The summed E-state index contributed by atoms with van der Waals surface area (Å²) in [7, 11) is 0. The summed E-state index contributed by atoms with van der Waals surface area (Å²) in [5.74, 6) is -1.82. The molecule has 0 saturated carbocycles. The van der Waals surface area contributed by atoms with Crippen molar-refractivity contribution in [3.8, 4) is 11.5 Å². The first-order valence-corrected chi connectivity index (χ1v) is 9.55. The van der Waals surface area contributed by atoms with Crippen molar-refractivity contribution in [1.29, 1.82) is 0 Å². The summed E-state index contributed by atoms with van der Waals surface area (Å²) >= 11 is 0. The quantitative estimate of drug-likeness (QED) is 0.325. The van der Waals surface area contributed by atoms with Gasteiger partial charge >= 0.3 is 11.9 Å². The average molecular weight is 434 g/mol. The smallest absolute Gasteiger partial charge is 0.311 e. The molecule has 0 bridgehead atoms.